The second-order valence-electron chi connectivity index (χ2n) is 4.89. The van der Waals surface area contributed by atoms with Gasteiger partial charge in [0, 0.05) is 24.0 Å². The molecule has 0 amide bonds. The van der Waals surface area contributed by atoms with E-state index in [4.69, 9.17) is 9.52 Å². The Kier molecular flexibility index (Phi) is 5.76. The summed E-state index contributed by atoms with van der Waals surface area (Å²) in [6, 6.07) is 2.02. The van der Waals surface area contributed by atoms with E-state index >= 15 is 0 Å². The Hall–Kier alpha value is -1.17. The molecule has 4 nitrogen and oxygen atoms in total. The Morgan fingerprint density at radius 1 is 1.40 bits per heavy atom. The first-order valence-corrected chi connectivity index (χ1v) is 8.01. The molecule has 0 aliphatic carbocycles. The van der Waals surface area contributed by atoms with Crippen molar-refractivity contribution in [2.75, 3.05) is 19.7 Å². The number of aliphatic hydroxyl groups is 1. The fourth-order valence-electron chi connectivity index (χ4n) is 2.09. The number of aryl methyl sites for hydroxylation is 1. The molecule has 0 saturated heterocycles. The molecule has 2 rings (SSSR count). The Morgan fingerprint density at radius 2 is 2.25 bits per heavy atom. The van der Waals surface area contributed by atoms with Crippen molar-refractivity contribution in [2.24, 2.45) is 0 Å². The average Bonchev–Trinajstić information content (AvgIpc) is 3.06. The lowest BCUT2D eigenvalue weighted by Crippen LogP contribution is -2.28. The minimum absolute atomic E-state index is 0.179. The summed E-state index contributed by atoms with van der Waals surface area (Å²) in [6.07, 6.45) is 2.29. The number of aliphatic hydroxyl groups excluding tert-OH is 1. The molecule has 0 aliphatic rings. The summed E-state index contributed by atoms with van der Waals surface area (Å²) >= 11 is 1.64. The largest absolute Gasteiger partial charge is 0.441 e. The Morgan fingerprint density at radius 3 is 2.90 bits per heavy atom. The fourth-order valence-corrected chi connectivity index (χ4v) is 2.72. The summed E-state index contributed by atoms with van der Waals surface area (Å²) in [5, 5.41) is 13.2. The average molecular weight is 294 g/mol. The lowest BCUT2D eigenvalue weighted by Gasteiger charge is -2.19. The van der Waals surface area contributed by atoms with Gasteiger partial charge in [0.1, 0.15) is 5.76 Å². The van der Waals surface area contributed by atoms with E-state index < -0.39 is 0 Å². The van der Waals surface area contributed by atoms with Crippen LogP contribution in [0.2, 0.25) is 0 Å². The number of oxazole rings is 1. The van der Waals surface area contributed by atoms with Crippen LogP contribution in [-0.2, 0) is 6.54 Å². The molecule has 1 N–H and O–H groups in total. The van der Waals surface area contributed by atoms with Crippen LogP contribution in [0.15, 0.2) is 21.2 Å². The smallest absolute Gasteiger partial charge is 0.227 e. The van der Waals surface area contributed by atoms with E-state index in [1.165, 1.54) is 0 Å². The van der Waals surface area contributed by atoms with Crippen LogP contribution in [0.1, 0.15) is 31.2 Å². The maximum atomic E-state index is 9.15. The molecular weight excluding hydrogens is 272 g/mol. The fraction of sp³-hybridized carbons (Fsp3) is 0.533. The van der Waals surface area contributed by atoms with Crippen molar-refractivity contribution in [3.8, 4) is 11.5 Å². The van der Waals surface area contributed by atoms with Gasteiger partial charge in [-0.25, -0.2) is 4.98 Å². The van der Waals surface area contributed by atoms with Crippen LogP contribution in [0.4, 0.5) is 0 Å². The van der Waals surface area contributed by atoms with Gasteiger partial charge in [0.25, 0.3) is 0 Å². The van der Waals surface area contributed by atoms with Gasteiger partial charge in [-0.1, -0.05) is 13.3 Å². The molecule has 0 aliphatic heterocycles. The van der Waals surface area contributed by atoms with Gasteiger partial charge in [0.05, 0.1) is 12.3 Å². The molecule has 0 spiro atoms. The topological polar surface area (TPSA) is 49.5 Å². The summed E-state index contributed by atoms with van der Waals surface area (Å²) in [7, 11) is 0. The highest BCUT2D eigenvalue weighted by atomic mass is 32.1. The molecule has 0 radical (unpaired) electrons. The third kappa shape index (κ3) is 3.91. The van der Waals surface area contributed by atoms with Gasteiger partial charge in [0.2, 0.25) is 5.89 Å². The van der Waals surface area contributed by atoms with E-state index in [0.717, 1.165) is 42.9 Å². The molecule has 0 aromatic carbocycles. The van der Waals surface area contributed by atoms with E-state index in [0.29, 0.717) is 12.4 Å². The van der Waals surface area contributed by atoms with Gasteiger partial charge < -0.3 is 9.52 Å². The summed E-state index contributed by atoms with van der Waals surface area (Å²) in [5.41, 5.74) is 2.00. The summed E-state index contributed by atoms with van der Waals surface area (Å²) in [6.45, 7) is 6.71. The van der Waals surface area contributed by atoms with Crippen LogP contribution in [0, 0.1) is 6.92 Å². The van der Waals surface area contributed by atoms with Gasteiger partial charge in [-0.05, 0) is 31.3 Å². The van der Waals surface area contributed by atoms with Crippen molar-refractivity contribution < 1.29 is 9.52 Å². The van der Waals surface area contributed by atoms with Crippen molar-refractivity contribution >= 4 is 11.3 Å². The SMILES string of the molecule is CCCCN(CCO)Cc1nc(-c2ccsc2)oc1C. The molecule has 0 unspecified atom stereocenters. The maximum absolute atomic E-state index is 9.15. The predicted octanol–water partition coefficient (Wildman–Crippen LogP) is 3.31. The lowest BCUT2D eigenvalue weighted by atomic mass is 10.2. The Labute approximate surface area is 124 Å². The van der Waals surface area contributed by atoms with Crippen molar-refractivity contribution in [3.63, 3.8) is 0 Å². The number of hydrogen-bond acceptors (Lipinski definition) is 5. The third-order valence-corrected chi connectivity index (χ3v) is 3.96. The molecule has 0 fully saturated rings. The molecule has 0 atom stereocenters. The zero-order chi connectivity index (χ0) is 14.4. The van der Waals surface area contributed by atoms with E-state index in [1.807, 2.05) is 23.8 Å². The van der Waals surface area contributed by atoms with Gasteiger partial charge in [0.15, 0.2) is 0 Å². The van der Waals surface area contributed by atoms with Crippen LogP contribution in [0.3, 0.4) is 0 Å². The maximum Gasteiger partial charge on any atom is 0.227 e. The first-order valence-electron chi connectivity index (χ1n) is 7.06. The van der Waals surface area contributed by atoms with Crippen LogP contribution in [0.25, 0.3) is 11.5 Å². The number of thiophene rings is 1. The monoisotopic (exact) mass is 294 g/mol. The predicted molar refractivity (Wildman–Crippen MR) is 81.8 cm³/mol. The highest BCUT2D eigenvalue weighted by molar-refractivity contribution is 7.08. The van der Waals surface area contributed by atoms with Crippen molar-refractivity contribution in [1.82, 2.24) is 9.88 Å². The normalized spacial score (nSPS) is 11.4. The first-order chi connectivity index (χ1) is 9.74. The van der Waals surface area contributed by atoms with Crippen molar-refractivity contribution in [3.05, 3.63) is 28.3 Å². The van der Waals surface area contributed by atoms with E-state index in [2.05, 4.69) is 16.8 Å². The van der Waals surface area contributed by atoms with Crippen molar-refractivity contribution in [1.29, 1.82) is 0 Å². The molecule has 110 valence electrons. The number of nitrogens with zero attached hydrogens (tertiary/aromatic N) is 2. The molecule has 2 heterocycles. The molecule has 20 heavy (non-hydrogen) atoms. The second-order valence-corrected chi connectivity index (χ2v) is 5.67. The number of unbranched alkanes of at least 4 members (excludes halogenated alkanes) is 1. The van der Waals surface area contributed by atoms with Crippen LogP contribution >= 0.6 is 11.3 Å². The minimum atomic E-state index is 0.179. The number of rotatable bonds is 8. The highest BCUT2D eigenvalue weighted by Gasteiger charge is 2.14. The zero-order valence-corrected chi connectivity index (χ0v) is 12.9. The quantitative estimate of drug-likeness (QED) is 0.811. The molecule has 2 aromatic rings. The summed E-state index contributed by atoms with van der Waals surface area (Å²) in [5.74, 6) is 1.56. The molecule has 5 heteroatoms. The van der Waals surface area contributed by atoms with Crippen molar-refractivity contribution in [2.45, 2.75) is 33.2 Å². The van der Waals surface area contributed by atoms with E-state index in [1.54, 1.807) is 11.3 Å². The van der Waals surface area contributed by atoms with Crippen LogP contribution in [0.5, 0.6) is 0 Å². The summed E-state index contributed by atoms with van der Waals surface area (Å²) in [4.78, 5) is 6.83. The number of aromatic nitrogens is 1. The molecule has 0 bridgehead atoms. The van der Waals surface area contributed by atoms with Crippen LogP contribution < -0.4 is 0 Å². The lowest BCUT2D eigenvalue weighted by molar-refractivity contribution is 0.186. The first kappa shape index (κ1) is 15.2. The van der Waals surface area contributed by atoms with E-state index in [9.17, 15) is 0 Å². The molecular formula is C15H22N2O2S. The van der Waals surface area contributed by atoms with Gasteiger partial charge in [-0.2, -0.15) is 11.3 Å². The highest BCUT2D eigenvalue weighted by Crippen LogP contribution is 2.24. The van der Waals surface area contributed by atoms with Gasteiger partial charge >= 0.3 is 0 Å². The summed E-state index contributed by atoms with van der Waals surface area (Å²) < 4.78 is 5.75. The van der Waals surface area contributed by atoms with Crippen LogP contribution in [-0.4, -0.2) is 34.7 Å². The minimum Gasteiger partial charge on any atom is -0.441 e. The number of hydrogen-bond donors (Lipinski definition) is 1. The Balaban J connectivity index is 2.07. The van der Waals surface area contributed by atoms with E-state index in [-0.39, 0.29) is 6.61 Å². The zero-order valence-electron chi connectivity index (χ0n) is 12.1. The standard InChI is InChI=1S/C15H22N2O2S/c1-3-4-6-17(7-8-18)10-14-12(2)19-15(16-14)13-5-9-20-11-13/h5,9,11,18H,3-4,6-8,10H2,1-2H3. The third-order valence-electron chi connectivity index (χ3n) is 3.28. The van der Waals surface area contributed by atoms with Gasteiger partial charge in [-0.15, -0.1) is 0 Å². The Bertz CT molecular complexity index is 508. The molecule has 0 saturated carbocycles. The molecule has 2 aromatic heterocycles. The second kappa shape index (κ2) is 7.57. The van der Waals surface area contributed by atoms with Gasteiger partial charge in [-0.3, -0.25) is 4.90 Å².